The number of carbonyl (C=O) groups excluding carboxylic acids is 1. The van der Waals surface area contributed by atoms with Crippen molar-refractivity contribution in [2.45, 2.75) is 39.5 Å². The molecule has 1 aliphatic carbocycles. The number of hydrogen-bond donors (Lipinski definition) is 2. The van der Waals surface area contributed by atoms with Crippen molar-refractivity contribution in [1.29, 1.82) is 0 Å². The van der Waals surface area contributed by atoms with Crippen LogP contribution in [0.1, 0.15) is 39.5 Å². The molecule has 0 spiro atoms. The van der Waals surface area contributed by atoms with Crippen LogP contribution in [0.4, 0.5) is 4.79 Å². The van der Waals surface area contributed by atoms with Crippen molar-refractivity contribution in [3.8, 4) is 0 Å². The summed E-state index contributed by atoms with van der Waals surface area (Å²) < 4.78 is 5.00. The highest BCUT2D eigenvalue weighted by Gasteiger charge is 2.34. The lowest BCUT2D eigenvalue weighted by atomic mass is 9.71. The first kappa shape index (κ1) is 13.8. The molecule has 0 unspecified atom stereocenters. The molecule has 0 atom stereocenters. The predicted molar refractivity (Wildman–Crippen MR) is 62.7 cm³/mol. The molecule has 17 heavy (non-hydrogen) atoms. The molecule has 2 N–H and O–H groups in total. The standard InChI is InChI=1S/C12H21NO4/c1-3-17-10(14)9-4-6-12(2,7-5-9)8-13-11(15)16/h9,13H,3-8H2,1-2H3,(H,15,16). The van der Waals surface area contributed by atoms with Gasteiger partial charge in [0.2, 0.25) is 0 Å². The lowest BCUT2D eigenvalue weighted by Gasteiger charge is -2.36. The number of esters is 1. The number of carbonyl (C=O) groups is 2. The zero-order valence-electron chi connectivity index (χ0n) is 10.5. The zero-order chi connectivity index (χ0) is 12.9. The van der Waals surface area contributed by atoms with Gasteiger partial charge in [0.1, 0.15) is 0 Å². The van der Waals surface area contributed by atoms with E-state index in [4.69, 9.17) is 9.84 Å². The SMILES string of the molecule is CCOC(=O)C1CCC(C)(CNC(=O)O)CC1. The molecule has 0 saturated heterocycles. The van der Waals surface area contributed by atoms with Crippen molar-refractivity contribution in [2.24, 2.45) is 11.3 Å². The topological polar surface area (TPSA) is 75.6 Å². The van der Waals surface area contributed by atoms with Gasteiger partial charge in [-0.3, -0.25) is 4.79 Å². The summed E-state index contributed by atoms with van der Waals surface area (Å²) in [5.41, 5.74) is -0.0264. The first-order chi connectivity index (χ1) is 7.97. The summed E-state index contributed by atoms with van der Waals surface area (Å²) in [5, 5.41) is 11.0. The van der Waals surface area contributed by atoms with Gasteiger partial charge >= 0.3 is 12.1 Å². The highest BCUT2D eigenvalue weighted by Crippen LogP contribution is 2.38. The summed E-state index contributed by atoms with van der Waals surface area (Å²) in [6.45, 7) is 4.75. The Kier molecular flexibility index (Phi) is 4.78. The van der Waals surface area contributed by atoms with Gasteiger partial charge in [0.05, 0.1) is 12.5 Å². The van der Waals surface area contributed by atoms with Crippen LogP contribution < -0.4 is 5.32 Å². The molecule has 1 rings (SSSR count). The molecular formula is C12H21NO4. The Morgan fingerprint density at radius 2 is 2.00 bits per heavy atom. The number of nitrogens with one attached hydrogen (secondary N) is 1. The van der Waals surface area contributed by atoms with Crippen LogP contribution in [0.3, 0.4) is 0 Å². The van der Waals surface area contributed by atoms with E-state index in [0.717, 1.165) is 25.7 Å². The van der Waals surface area contributed by atoms with Crippen LogP contribution in [0.5, 0.6) is 0 Å². The van der Waals surface area contributed by atoms with Crippen LogP contribution in [0, 0.1) is 11.3 Å². The van der Waals surface area contributed by atoms with Gasteiger partial charge in [0.25, 0.3) is 0 Å². The largest absolute Gasteiger partial charge is 0.466 e. The number of carboxylic acid groups (broad SMARTS) is 1. The van der Waals surface area contributed by atoms with E-state index in [1.54, 1.807) is 0 Å². The number of ether oxygens (including phenoxy) is 1. The Labute approximate surface area is 102 Å². The number of hydrogen-bond acceptors (Lipinski definition) is 3. The Morgan fingerprint density at radius 3 is 2.47 bits per heavy atom. The van der Waals surface area contributed by atoms with Gasteiger partial charge in [-0.1, -0.05) is 6.92 Å². The second kappa shape index (κ2) is 5.89. The van der Waals surface area contributed by atoms with Gasteiger partial charge in [-0.2, -0.15) is 0 Å². The molecule has 1 amide bonds. The van der Waals surface area contributed by atoms with E-state index in [1.807, 2.05) is 6.92 Å². The first-order valence-electron chi connectivity index (χ1n) is 6.10. The number of amides is 1. The van der Waals surface area contributed by atoms with Crippen LogP contribution >= 0.6 is 0 Å². The predicted octanol–water partition coefficient (Wildman–Crippen LogP) is 2.01. The minimum absolute atomic E-state index is 0.00662. The molecule has 5 heteroatoms. The van der Waals surface area contributed by atoms with E-state index in [-0.39, 0.29) is 17.3 Å². The zero-order valence-corrected chi connectivity index (χ0v) is 10.5. The number of rotatable bonds is 4. The highest BCUT2D eigenvalue weighted by atomic mass is 16.5. The molecular weight excluding hydrogens is 222 g/mol. The van der Waals surface area contributed by atoms with Crippen LogP contribution in [0.15, 0.2) is 0 Å². The summed E-state index contributed by atoms with van der Waals surface area (Å²) in [4.78, 5) is 22.0. The molecule has 1 fully saturated rings. The van der Waals surface area contributed by atoms with E-state index in [1.165, 1.54) is 0 Å². The van der Waals surface area contributed by atoms with Crippen LogP contribution in [-0.2, 0) is 9.53 Å². The van der Waals surface area contributed by atoms with Gasteiger partial charge in [-0.25, -0.2) is 4.79 Å². The maximum Gasteiger partial charge on any atom is 0.404 e. The van der Waals surface area contributed by atoms with Crippen molar-refractivity contribution < 1.29 is 19.4 Å². The molecule has 0 aromatic heterocycles. The van der Waals surface area contributed by atoms with Gasteiger partial charge in [0.15, 0.2) is 0 Å². The molecule has 0 aliphatic heterocycles. The lowest BCUT2D eigenvalue weighted by molar-refractivity contribution is -0.149. The molecule has 0 heterocycles. The molecule has 0 radical (unpaired) electrons. The maximum atomic E-state index is 11.5. The molecule has 98 valence electrons. The summed E-state index contributed by atoms with van der Waals surface area (Å²) in [6, 6.07) is 0. The van der Waals surface area contributed by atoms with Gasteiger partial charge in [-0.05, 0) is 38.0 Å². The Bertz CT molecular complexity index is 282. The van der Waals surface area contributed by atoms with E-state index in [9.17, 15) is 9.59 Å². The average molecular weight is 243 g/mol. The van der Waals surface area contributed by atoms with Crippen molar-refractivity contribution >= 4 is 12.1 Å². The Balaban J connectivity index is 2.38. The summed E-state index contributed by atoms with van der Waals surface area (Å²) >= 11 is 0. The molecule has 5 nitrogen and oxygen atoms in total. The fraction of sp³-hybridized carbons (Fsp3) is 0.833. The third-order valence-electron chi connectivity index (χ3n) is 3.48. The smallest absolute Gasteiger partial charge is 0.404 e. The molecule has 1 saturated carbocycles. The second-order valence-electron chi connectivity index (χ2n) is 5.00. The summed E-state index contributed by atoms with van der Waals surface area (Å²) in [7, 11) is 0. The monoisotopic (exact) mass is 243 g/mol. The van der Waals surface area contributed by atoms with E-state index < -0.39 is 6.09 Å². The third kappa shape index (κ3) is 4.24. The van der Waals surface area contributed by atoms with Crippen molar-refractivity contribution in [1.82, 2.24) is 5.32 Å². The Morgan fingerprint density at radius 1 is 1.41 bits per heavy atom. The van der Waals surface area contributed by atoms with E-state index >= 15 is 0 Å². The van der Waals surface area contributed by atoms with Crippen LogP contribution in [0.25, 0.3) is 0 Å². The Hall–Kier alpha value is -1.26. The molecule has 0 aromatic carbocycles. The van der Waals surface area contributed by atoms with Crippen molar-refractivity contribution in [3.63, 3.8) is 0 Å². The first-order valence-corrected chi connectivity index (χ1v) is 6.10. The minimum atomic E-state index is -0.987. The van der Waals surface area contributed by atoms with Crippen LogP contribution in [0.2, 0.25) is 0 Å². The fourth-order valence-electron chi connectivity index (χ4n) is 2.28. The quantitative estimate of drug-likeness (QED) is 0.741. The second-order valence-corrected chi connectivity index (χ2v) is 5.00. The summed E-state index contributed by atoms with van der Waals surface area (Å²) in [6.07, 6.45) is 2.31. The maximum absolute atomic E-state index is 11.5. The van der Waals surface area contributed by atoms with Crippen molar-refractivity contribution in [3.05, 3.63) is 0 Å². The molecule has 1 aliphatic rings. The van der Waals surface area contributed by atoms with E-state index in [0.29, 0.717) is 13.2 Å². The molecule has 0 aromatic rings. The fourth-order valence-corrected chi connectivity index (χ4v) is 2.28. The normalized spacial score (nSPS) is 28.5. The minimum Gasteiger partial charge on any atom is -0.466 e. The average Bonchev–Trinajstić information content (AvgIpc) is 2.28. The van der Waals surface area contributed by atoms with Crippen LogP contribution in [-0.4, -0.2) is 30.3 Å². The highest BCUT2D eigenvalue weighted by molar-refractivity contribution is 5.72. The van der Waals surface area contributed by atoms with Gasteiger partial charge in [-0.15, -0.1) is 0 Å². The lowest BCUT2D eigenvalue weighted by Crippen LogP contribution is -2.38. The van der Waals surface area contributed by atoms with E-state index in [2.05, 4.69) is 12.2 Å². The molecule has 0 bridgehead atoms. The third-order valence-corrected chi connectivity index (χ3v) is 3.48. The summed E-state index contributed by atoms with van der Waals surface area (Å²) in [5.74, 6) is -0.117. The van der Waals surface area contributed by atoms with Crippen molar-refractivity contribution in [2.75, 3.05) is 13.2 Å². The van der Waals surface area contributed by atoms with Gasteiger partial charge < -0.3 is 15.2 Å². The van der Waals surface area contributed by atoms with Gasteiger partial charge in [0, 0.05) is 6.54 Å².